The number of para-hydroxylation sites is 2. The molecule has 2 aliphatic rings. The largest absolute Gasteiger partial charge is 0.478 e. The van der Waals surface area contributed by atoms with Crippen LogP contribution in [0.4, 0.5) is 11.4 Å². The van der Waals surface area contributed by atoms with E-state index in [9.17, 15) is 9.90 Å². The Kier molecular flexibility index (Phi) is 4.34. The average Bonchev–Trinajstić information content (AvgIpc) is 2.67. The van der Waals surface area contributed by atoms with Crippen LogP contribution >= 0.6 is 0 Å². The Bertz CT molecular complexity index is 856. The van der Waals surface area contributed by atoms with Crippen LogP contribution < -0.4 is 16.0 Å². The van der Waals surface area contributed by atoms with E-state index in [1.54, 1.807) is 12.1 Å². The van der Waals surface area contributed by atoms with Gasteiger partial charge in [-0.1, -0.05) is 30.3 Å². The molecule has 4 rings (SSSR count). The van der Waals surface area contributed by atoms with E-state index in [4.69, 9.17) is 4.99 Å². The molecule has 0 aliphatic carbocycles. The predicted octanol–water partition coefficient (Wildman–Crippen LogP) is 2.94. The zero-order valence-corrected chi connectivity index (χ0v) is 14.5. The lowest BCUT2D eigenvalue weighted by Gasteiger charge is -2.44. The molecule has 2 aromatic rings. The van der Waals surface area contributed by atoms with E-state index in [0.29, 0.717) is 12.1 Å². The number of carbonyl (C=O) groups is 1. The second kappa shape index (κ2) is 6.80. The average molecular weight is 350 g/mol. The summed E-state index contributed by atoms with van der Waals surface area (Å²) in [5, 5.41) is 20.0. The van der Waals surface area contributed by atoms with E-state index >= 15 is 0 Å². The molecule has 0 aromatic heterocycles. The minimum Gasteiger partial charge on any atom is -0.478 e. The van der Waals surface area contributed by atoms with E-state index in [0.717, 1.165) is 48.7 Å². The van der Waals surface area contributed by atoms with Gasteiger partial charge in [-0.2, -0.15) is 0 Å². The van der Waals surface area contributed by atoms with Crippen LogP contribution in [0.3, 0.4) is 0 Å². The normalized spacial score (nSPS) is 19.5. The predicted molar refractivity (Wildman–Crippen MR) is 103 cm³/mol. The van der Waals surface area contributed by atoms with Crippen LogP contribution in [0, 0.1) is 0 Å². The molecule has 0 bridgehead atoms. The van der Waals surface area contributed by atoms with Crippen LogP contribution in [-0.4, -0.2) is 35.5 Å². The van der Waals surface area contributed by atoms with E-state index in [2.05, 4.69) is 22.0 Å². The first kappa shape index (κ1) is 16.6. The molecular weight excluding hydrogens is 328 g/mol. The number of aliphatic imine (C=N–C) groups is 1. The molecular formula is C20H22N4O2. The Morgan fingerprint density at radius 2 is 1.73 bits per heavy atom. The Labute approximate surface area is 152 Å². The molecule has 0 amide bonds. The van der Waals surface area contributed by atoms with Crippen LogP contribution in [-0.2, 0) is 6.54 Å². The standard InChI is InChI=1S/C20H22N4O2/c25-18(26)15-6-2-1-5-14(15)13-22-19-20(9-11-21-12-10-20)24-17-8-4-3-7-16(17)23-19/h1-8,21,24H,9-13H2,(H,22,23)(H,25,26). The van der Waals surface area contributed by atoms with Crippen molar-refractivity contribution in [3.05, 3.63) is 59.7 Å². The molecule has 1 saturated heterocycles. The number of benzene rings is 2. The molecule has 2 aliphatic heterocycles. The Morgan fingerprint density at radius 3 is 2.50 bits per heavy atom. The second-order valence-electron chi connectivity index (χ2n) is 6.75. The van der Waals surface area contributed by atoms with Crippen molar-refractivity contribution in [3.8, 4) is 0 Å². The molecule has 6 heteroatoms. The van der Waals surface area contributed by atoms with Crippen LogP contribution in [0.15, 0.2) is 53.5 Å². The third-order valence-electron chi connectivity index (χ3n) is 5.12. The van der Waals surface area contributed by atoms with Crippen LogP contribution in [0.25, 0.3) is 0 Å². The van der Waals surface area contributed by atoms with Crippen molar-refractivity contribution in [2.24, 2.45) is 4.99 Å². The number of amidine groups is 1. The maximum atomic E-state index is 11.4. The highest BCUT2D eigenvalue weighted by atomic mass is 16.4. The smallest absolute Gasteiger partial charge is 0.336 e. The number of fused-ring (bicyclic) bond motifs is 1. The van der Waals surface area contributed by atoms with Gasteiger partial charge < -0.3 is 21.1 Å². The van der Waals surface area contributed by atoms with Crippen molar-refractivity contribution in [3.63, 3.8) is 0 Å². The fraction of sp³-hybridized carbons (Fsp3) is 0.300. The summed E-state index contributed by atoms with van der Waals surface area (Å²) in [5.41, 5.74) is 2.87. The third-order valence-corrected chi connectivity index (χ3v) is 5.12. The molecule has 0 unspecified atom stereocenters. The molecule has 4 N–H and O–H groups in total. The highest BCUT2D eigenvalue weighted by Gasteiger charge is 2.40. The van der Waals surface area contributed by atoms with Crippen LogP contribution in [0.1, 0.15) is 28.8 Å². The SMILES string of the molecule is O=C(O)c1ccccc1CN=C1Nc2ccccc2NC12CCNCC2. The molecule has 0 radical (unpaired) electrons. The monoisotopic (exact) mass is 350 g/mol. The van der Waals surface area contributed by atoms with Crippen molar-refractivity contribution in [2.45, 2.75) is 24.9 Å². The van der Waals surface area contributed by atoms with Gasteiger partial charge >= 0.3 is 5.97 Å². The number of anilines is 2. The minimum absolute atomic E-state index is 0.238. The highest BCUT2D eigenvalue weighted by molar-refractivity contribution is 6.09. The van der Waals surface area contributed by atoms with Gasteiger partial charge in [-0.3, -0.25) is 4.99 Å². The van der Waals surface area contributed by atoms with E-state index < -0.39 is 5.97 Å². The van der Waals surface area contributed by atoms with Gasteiger partial charge in [-0.05, 0) is 49.7 Å². The van der Waals surface area contributed by atoms with E-state index in [1.807, 2.05) is 30.3 Å². The van der Waals surface area contributed by atoms with Gasteiger partial charge in [0, 0.05) is 0 Å². The van der Waals surface area contributed by atoms with Gasteiger partial charge in [0.05, 0.1) is 29.0 Å². The molecule has 2 aromatic carbocycles. The van der Waals surface area contributed by atoms with Gasteiger partial charge in [0.2, 0.25) is 0 Å². The number of nitrogens with one attached hydrogen (secondary N) is 3. The van der Waals surface area contributed by atoms with Crippen molar-refractivity contribution in [2.75, 3.05) is 23.7 Å². The van der Waals surface area contributed by atoms with Crippen molar-refractivity contribution < 1.29 is 9.90 Å². The molecule has 1 spiro atoms. The lowest BCUT2D eigenvalue weighted by Crippen LogP contribution is -2.57. The topological polar surface area (TPSA) is 85.8 Å². The minimum atomic E-state index is -0.919. The Morgan fingerprint density at radius 1 is 1.04 bits per heavy atom. The first-order chi connectivity index (χ1) is 12.7. The molecule has 134 valence electrons. The molecule has 2 heterocycles. The number of rotatable bonds is 3. The summed E-state index contributed by atoms with van der Waals surface area (Å²) in [6, 6.07) is 15.2. The summed E-state index contributed by atoms with van der Waals surface area (Å²) in [4.78, 5) is 16.3. The fourth-order valence-corrected chi connectivity index (χ4v) is 3.70. The van der Waals surface area contributed by atoms with Crippen LogP contribution in [0.2, 0.25) is 0 Å². The van der Waals surface area contributed by atoms with Crippen LogP contribution in [0.5, 0.6) is 0 Å². The molecule has 26 heavy (non-hydrogen) atoms. The Balaban J connectivity index is 1.69. The first-order valence-electron chi connectivity index (χ1n) is 8.89. The quantitative estimate of drug-likeness (QED) is 0.684. The van der Waals surface area contributed by atoms with Crippen molar-refractivity contribution >= 4 is 23.2 Å². The van der Waals surface area contributed by atoms with Gasteiger partial charge in [0.1, 0.15) is 5.84 Å². The lowest BCUT2D eigenvalue weighted by atomic mass is 9.84. The summed E-state index contributed by atoms with van der Waals surface area (Å²) in [7, 11) is 0. The summed E-state index contributed by atoms with van der Waals surface area (Å²) < 4.78 is 0. The van der Waals surface area contributed by atoms with Crippen molar-refractivity contribution in [1.82, 2.24) is 5.32 Å². The number of piperidine rings is 1. The Hall–Kier alpha value is -2.86. The zero-order valence-electron chi connectivity index (χ0n) is 14.5. The molecule has 1 fully saturated rings. The lowest BCUT2D eigenvalue weighted by molar-refractivity contribution is 0.0695. The molecule has 0 atom stereocenters. The number of hydrogen-bond donors (Lipinski definition) is 4. The maximum absolute atomic E-state index is 11.4. The van der Waals surface area contributed by atoms with Gasteiger partial charge in [0.25, 0.3) is 0 Å². The van der Waals surface area contributed by atoms with Gasteiger partial charge in [-0.25, -0.2) is 4.79 Å². The number of hydrogen-bond acceptors (Lipinski definition) is 4. The molecule has 6 nitrogen and oxygen atoms in total. The van der Waals surface area contributed by atoms with E-state index in [1.165, 1.54) is 0 Å². The molecule has 0 saturated carbocycles. The third kappa shape index (κ3) is 3.04. The first-order valence-corrected chi connectivity index (χ1v) is 8.89. The second-order valence-corrected chi connectivity index (χ2v) is 6.75. The van der Waals surface area contributed by atoms with E-state index in [-0.39, 0.29) is 5.54 Å². The summed E-state index contributed by atoms with van der Waals surface area (Å²) in [6.07, 6.45) is 1.85. The fourth-order valence-electron chi connectivity index (χ4n) is 3.70. The maximum Gasteiger partial charge on any atom is 0.336 e. The highest BCUT2D eigenvalue weighted by Crippen LogP contribution is 2.35. The zero-order chi connectivity index (χ0) is 18.0. The summed E-state index contributed by atoms with van der Waals surface area (Å²) >= 11 is 0. The summed E-state index contributed by atoms with van der Waals surface area (Å²) in [5.74, 6) is -0.0321. The van der Waals surface area contributed by atoms with Gasteiger partial charge in [0.15, 0.2) is 0 Å². The number of carboxylic acid groups (broad SMARTS) is 1. The van der Waals surface area contributed by atoms with Gasteiger partial charge in [-0.15, -0.1) is 0 Å². The number of aromatic carboxylic acids is 1. The number of nitrogens with zero attached hydrogens (tertiary/aromatic N) is 1. The number of carboxylic acids is 1. The van der Waals surface area contributed by atoms with Crippen molar-refractivity contribution in [1.29, 1.82) is 0 Å². The summed E-state index contributed by atoms with van der Waals surface area (Å²) in [6.45, 7) is 2.17.